The number of nitrogens with one attached hydrogen (secondary N) is 1. The molecule has 2 aliphatic carbocycles. The molecule has 4 rings (SSSR count). The summed E-state index contributed by atoms with van der Waals surface area (Å²) >= 11 is 3.10. The standard InChI is InChI=1S/C22H31N3O2S2/c1-12(2)9-10-25-21(27)18-16-8-5-13(3)11-17(16)29-20(18)24-22(25)28-14(4)19(26)23-15-6-7-15/h12-15H,5-11H2,1-4H3,(H,23,26). The third-order valence-corrected chi connectivity index (χ3v) is 8.12. The topological polar surface area (TPSA) is 64.0 Å². The van der Waals surface area contributed by atoms with Gasteiger partial charge in [0.05, 0.1) is 10.6 Å². The molecule has 29 heavy (non-hydrogen) atoms. The molecule has 0 aromatic carbocycles. The van der Waals surface area contributed by atoms with Gasteiger partial charge in [0.2, 0.25) is 5.91 Å². The summed E-state index contributed by atoms with van der Waals surface area (Å²) in [5, 5.41) is 4.33. The fourth-order valence-corrected chi connectivity index (χ4v) is 6.20. The molecule has 1 amide bonds. The predicted octanol–water partition coefficient (Wildman–Crippen LogP) is 4.39. The van der Waals surface area contributed by atoms with Crippen molar-refractivity contribution < 1.29 is 4.79 Å². The number of hydrogen-bond donors (Lipinski definition) is 1. The second-order valence-electron chi connectivity index (χ2n) is 9.11. The van der Waals surface area contributed by atoms with Crippen LogP contribution in [-0.4, -0.2) is 26.8 Å². The van der Waals surface area contributed by atoms with Gasteiger partial charge >= 0.3 is 0 Å². The molecule has 0 radical (unpaired) electrons. The van der Waals surface area contributed by atoms with Gasteiger partial charge in [0.25, 0.3) is 5.56 Å². The molecule has 2 heterocycles. The summed E-state index contributed by atoms with van der Waals surface area (Å²) < 4.78 is 1.83. The van der Waals surface area contributed by atoms with Gasteiger partial charge in [0.15, 0.2) is 5.16 Å². The minimum atomic E-state index is -0.264. The van der Waals surface area contributed by atoms with Crippen LogP contribution in [0.5, 0.6) is 0 Å². The van der Waals surface area contributed by atoms with Crippen molar-refractivity contribution >= 4 is 39.2 Å². The van der Waals surface area contributed by atoms with Crippen molar-refractivity contribution in [2.75, 3.05) is 0 Å². The number of aryl methyl sites for hydroxylation is 1. The quantitative estimate of drug-likeness (QED) is 0.520. The Hall–Kier alpha value is -1.34. The number of amides is 1. The minimum absolute atomic E-state index is 0.0431. The van der Waals surface area contributed by atoms with E-state index >= 15 is 0 Å². The Morgan fingerprint density at radius 2 is 2.07 bits per heavy atom. The molecule has 5 nitrogen and oxygen atoms in total. The summed E-state index contributed by atoms with van der Waals surface area (Å²) in [5.74, 6) is 1.21. The summed E-state index contributed by atoms with van der Waals surface area (Å²) in [6.07, 6.45) is 6.23. The molecule has 1 N–H and O–H groups in total. The third-order valence-electron chi connectivity index (χ3n) is 5.89. The highest BCUT2D eigenvalue weighted by Crippen LogP contribution is 2.37. The van der Waals surface area contributed by atoms with Crippen molar-refractivity contribution in [3.8, 4) is 0 Å². The molecule has 0 saturated heterocycles. The zero-order valence-corrected chi connectivity index (χ0v) is 19.4. The molecular formula is C22H31N3O2S2. The van der Waals surface area contributed by atoms with Gasteiger partial charge < -0.3 is 5.32 Å². The Labute approximate surface area is 180 Å². The average Bonchev–Trinajstić information content (AvgIpc) is 3.39. The van der Waals surface area contributed by atoms with Crippen molar-refractivity contribution in [3.63, 3.8) is 0 Å². The summed E-state index contributed by atoms with van der Waals surface area (Å²) in [6, 6.07) is 0.343. The zero-order valence-electron chi connectivity index (χ0n) is 17.8. The van der Waals surface area contributed by atoms with Crippen LogP contribution in [0.3, 0.4) is 0 Å². The SMILES string of the molecule is CC(C)CCn1c(SC(C)C(=O)NC2CC2)nc2sc3c(c2c1=O)CCC(C)C3. The summed E-state index contributed by atoms with van der Waals surface area (Å²) in [6.45, 7) is 9.18. The van der Waals surface area contributed by atoms with E-state index in [1.807, 2.05) is 11.5 Å². The second kappa shape index (κ2) is 8.42. The number of carbonyl (C=O) groups excluding carboxylic acids is 1. The van der Waals surface area contributed by atoms with Crippen molar-refractivity contribution in [2.45, 2.75) is 89.2 Å². The van der Waals surface area contributed by atoms with Gasteiger partial charge in [0, 0.05) is 17.5 Å². The highest BCUT2D eigenvalue weighted by Gasteiger charge is 2.28. The predicted molar refractivity (Wildman–Crippen MR) is 121 cm³/mol. The van der Waals surface area contributed by atoms with E-state index in [2.05, 4.69) is 26.1 Å². The lowest BCUT2D eigenvalue weighted by Gasteiger charge is -2.18. The first-order valence-corrected chi connectivity index (χ1v) is 12.5. The number of aromatic nitrogens is 2. The van der Waals surface area contributed by atoms with Crippen LogP contribution in [0.15, 0.2) is 9.95 Å². The van der Waals surface area contributed by atoms with Crippen LogP contribution in [0.1, 0.15) is 63.8 Å². The smallest absolute Gasteiger partial charge is 0.263 e. The average molecular weight is 434 g/mol. The van der Waals surface area contributed by atoms with Crippen LogP contribution >= 0.6 is 23.1 Å². The lowest BCUT2D eigenvalue weighted by Crippen LogP contribution is -2.33. The number of thioether (sulfide) groups is 1. The van der Waals surface area contributed by atoms with Gasteiger partial charge in [-0.3, -0.25) is 14.2 Å². The van der Waals surface area contributed by atoms with Gasteiger partial charge in [-0.1, -0.05) is 32.5 Å². The first-order valence-electron chi connectivity index (χ1n) is 10.9. The minimum Gasteiger partial charge on any atom is -0.352 e. The molecule has 2 aromatic rings. The molecule has 1 fully saturated rings. The lowest BCUT2D eigenvalue weighted by atomic mass is 9.89. The third kappa shape index (κ3) is 4.55. The van der Waals surface area contributed by atoms with Crippen LogP contribution < -0.4 is 10.9 Å². The van der Waals surface area contributed by atoms with Crippen LogP contribution in [0.4, 0.5) is 0 Å². The monoisotopic (exact) mass is 433 g/mol. The number of fused-ring (bicyclic) bond motifs is 3. The molecule has 0 bridgehead atoms. The second-order valence-corrected chi connectivity index (χ2v) is 11.5. The highest BCUT2D eigenvalue weighted by atomic mass is 32.2. The number of nitrogens with zero attached hydrogens (tertiary/aromatic N) is 2. The van der Waals surface area contributed by atoms with E-state index in [-0.39, 0.29) is 16.7 Å². The fourth-order valence-electron chi connectivity index (χ4n) is 3.84. The van der Waals surface area contributed by atoms with E-state index in [0.717, 1.165) is 48.7 Å². The maximum Gasteiger partial charge on any atom is 0.263 e. The van der Waals surface area contributed by atoms with E-state index in [9.17, 15) is 9.59 Å². The molecular weight excluding hydrogens is 402 g/mol. The Morgan fingerprint density at radius 1 is 1.31 bits per heavy atom. The number of thiophene rings is 1. The Balaban J connectivity index is 1.71. The Morgan fingerprint density at radius 3 is 2.76 bits per heavy atom. The van der Waals surface area contributed by atoms with Crippen molar-refractivity contribution in [1.82, 2.24) is 14.9 Å². The molecule has 2 atom stereocenters. The van der Waals surface area contributed by atoms with E-state index in [0.29, 0.717) is 29.6 Å². The normalized spacial score (nSPS) is 20.1. The number of hydrogen-bond acceptors (Lipinski definition) is 5. The maximum absolute atomic E-state index is 13.5. The van der Waals surface area contributed by atoms with Crippen LogP contribution in [0.2, 0.25) is 0 Å². The molecule has 0 spiro atoms. The van der Waals surface area contributed by atoms with Gasteiger partial charge in [-0.05, 0) is 62.8 Å². The molecule has 2 unspecified atom stereocenters. The fraction of sp³-hybridized carbons (Fsp3) is 0.682. The molecule has 2 aliphatic rings. The maximum atomic E-state index is 13.5. The van der Waals surface area contributed by atoms with E-state index in [1.165, 1.54) is 22.2 Å². The highest BCUT2D eigenvalue weighted by molar-refractivity contribution is 8.00. The van der Waals surface area contributed by atoms with E-state index < -0.39 is 0 Å². The zero-order chi connectivity index (χ0) is 20.7. The molecule has 158 valence electrons. The number of rotatable bonds is 7. The summed E-state index contributed by atoms with van der Waals surface area (Å²) in [7, 11) is 0. The van der Waals surface area contributed by atoms with Crippen molar-refractivity contribution in [3.05, 3.63) is 20.8 Å². The van der Waals surface area contributed by atoms with Gasteiger partial charge in [-0.15, -0.1) is 11.3 Å². The van der Waals surface area contributed by atoms with Gasteiger partial charge in [0.1, 0.15) is 4.83 Å². The first-order chi connectivity index (χ1) is 13.8. The summed E-state index contributed by atoms with van der Waals surface area (Å²) in [4.78, 5) is 33.1. The first kappa shape index (κ1) is 20.9. The largest absolute Gasteiger partial charge is 0.352 e. The molecule has 7 heteroatoms. The van der Waals surface area contributed by atoms with Crippen LogP contribution in [0.25, 0.3) is 10.2 Å². The van der Waals surface area contributed by atoms with Crippen LogP contribution in [-0.2, 0) is 24.2 Å². The molecule has 2 aromatic heterocycles. The molecule has 1 saturated carbocycles. The van der Waals surface area contributed by atoms with Crippen LogP contribution in [0, 0.1) is 11.8 Å². The van der Waals surface area contributed by atoms with Crippen molar-refractivity contribution in [2.24, 2.45) is 11.8 Å². The Kier molecular flexibility index (Phi) is 6.07. The summed E-state index contributed by atoms with van der Waals surface area (Å²) in [5.41, 5.74) is 1.31. The number of carbonyl (C=O) groups is 1. The Bertz CT molecular complexity index is 975. The lowest BCUT2D eigenvalue weighted by molar-refractivity contribution is -0.120. The van der Waals surface area contributed by atoms with E-state index in [4.69, 9.17) is 4.98 Å². The van der Waals surface area contributed by atoms with Gasteiger partial charge in [-0.2, -0.15) is 0 Å². The van der Waals surface area contributed by atoms with Crippen molar-refractivity contribution in [1.29, 1.82) is 0 Å². The van der Waals surface area contributed by atoms with E-state index in [1.54, 1.807) is 11.3 Å². The molecule has 0 aliphatic heterocycles. The van der Waals surface area contributed by atoms with Gasteiger partial charge in [-0.25, -0.2) is 4.98 Å².